The van der Waals surface area contributed by atoms with Crippen LogP contribution >= 0.6 is 11.8 Å². The number of nitrogens with one attached hydrogen (secondary N) is 1. The molecule has 26 heavy (non-hydrogen) atoms. The summed E-state index contributed by atoms with van der Waals surface area (Å²) in [6.07, 6.45) is 2.20. The van der Waals surface area contributed by atoms with E-state index in [2.05, 4.69) is 16.5 Å². The monoisotopic (exact) mass is 370 g/mol. The summed E-state index contributed by atoms with van der Waals surface area (Å²) in [6.45, 7) is 4.50. The molecule has 1 aromatic heterocycles. The van der Waals surface area contributed by atoms with Crippen molar-refractivity contribution in [1.29, 1.82) is 5.26 Å². The number of hydrogen-bond acceptors (Lipinski definition) is 5. The minimum absolute atomic E-state index is 0.118. The molecule has 0 saturated carbocycles. The van der Waals surface area contributed by atoms with E-state index in [0.717, 1.165) is 17.7 Å². The summed E-state index contributed by atoms with van der Waals surface area (Å²) >= 11 is 1.54. The van der Waals surface area contributed by atoms with Gasteiger partial charge in [0.05, 0.1) is 11.8 Å². The first-order chi connectivity index (χ1) is 12.5. The van der Waals surface area contributed by atoms with Crippen molar-refractivity contribution in [1.82, 2.24) is 9.78 Å². The topological polar surface area (TPSA) is 87.8 Å². The van der Waals surface area contributed by atoms with Gasteiger partial charge in [-0.3, -0.25) is 9.59 Å². The third-order valence-corrected chi connectivity index (χ3v) is 4.84. The predicted molar refractivity (Wildman–Crippen MR) is 103 cm³/mol. The van der Waals surface area contributed by atoms with E-state index in [0.29, 0.717) is 18.7 Å². The lowest BCUT2D eigenvalue weighted by atomic mass is 10.3. The van der Waals surface area contributed by atoms with Crippen molar-refractivity contribution in [3.63, 3.8) is 0 Å². The minimum atomic E-state index is -0.365. The molecule has 0 aliphatic rings. The van der Waals surface area contributed by atoms with E-state index < -0.39 is 0 Å². The molecule has 1 heterocycles. The number of para-hydroxylation sites is 1. The van der Waals surface area contributed by atoms with Gasteiger partial charge < -0.3 is 5.32 Å². The van der Waals surface area contributed by atoms with E-state index in [-0.39, 0.29) is 22.4 Å². The average Bonchev–Trinajstić information content (AvgIpc) is 2.62. The van der Waals surface area contributed by atoms with Gasteiger partial charge in [-0.25, -0.2) is 4.68 Å². The fourth-order valence-electron chi connectivity index (χ4n) is 2.28. The highest BCUT2D eigenvalue weighted by Crippen LogP contribution is 2.31. The number of hydrogen-bond donors (Lipinski definition) is 1. The molecule has 1 unspecified atom stereocenters. The Kier molecular flexibility index (Phi) is 7.42. The zero-order valence-electron chi connectivity index (χ0n) is 14.9. The zero-order valence-corrected chi connectivity index (χ0v) is 15.8. The first kappa shape index (κ1) is 19.7. The van der Waals surface area contributed by atoms with Crippen LogP contribution in [0.5, 0.6) is 0 Å². The Morgan fingerprint density at radius 2 is 2.12 bits per heavy atom. The van der Waals surface area contributed by atoms with Crippen molar-refractivity contribution in [2.45, 2.75) is 49.8 Å². The van der Waals surface area contributed by atoms with Gasteiger partial charge in [-0.05, 0) is 24.6 Å². The first-order valence-electron chi connectivity index (χ1n) is 8.57. The molecule has 6 nitrogen and oxygen atoms in total. The van der Waals surface area contributed by atoms with Crippen molar-refractivity contribution in [3.8, 4) is 6.07 Å². The van der Waals surface area contributed by atoms with Gasteiger partial charge in [0.25, 0.3) is 11.5 Å². The summed E-state index contributed by atoms with van der Waals surface area (Å²) < 4.78 is 1.33. The van der Waals surface area contributed by atoms with E-state index in [1.165, 1.54) is 28.6 Å². The molecule has 2 rings (SSSR count). The van der Waals surface area contributed by atoms with Crippen LogP contribution in [0.25, 0.3) is 0 Å². The van der Waals surface area contributed by atoms with Gasteiger partial charge in [0.1, 0.15) is 5.69 Å². The Bertz CT molecular complexity index is 857. The summed E-state index contributed by atoms with van der Waals surface area (Å²) in [7, 11) is 0. The van der Waals surface area contributed by atoms with Crippen LogP contribution in [-0.2, 0) is 6.54 Å². The van der Waals surface area contributed by atoms with E-state index in [1.807, 2.05) is 38.1 Å². The van der Waals surface area contributed by atoms with Crippen LogP contribution in [-0.4, -0.2) is 20.9 Å². The minimum Gasteiger partial charge on any atom is -0.320 e. The number of nitriles is 1. The van der Waals surface area contributed by atoms with Crippen LogP contribution in [0, 0.1) is 11.3 Å². The summed E-state index contributed by atoms with van der Waals surface area (Å²) in [4.78, 5) is 25.3. The molecule has 0 saturated heterocycles. The van der Waals surface area contributed by atoms with E-state index in [4.69, 9.17) is 5.26 Å². The number of aryl methyl sites for hydroxylation is 1. The molecule has 7 heteroatoms. The molecule has 1 amide bonds. The van der Waals surface area contributed by atoms with Gasteiger partial charge in [-0.15, -0.1) is 11.8 Å². The van der Waals surface area contributed by atoms with E-state index in [9.17, 15) is 9.59 Å². The lowest BCUT2D eigenvalue weighted by molar-refractivity contribution is 0.101. The standard InChI is InChI=1S/C19H22N4O2S/c1-3-4-13-23-18(24)10-9-16(22-23)19(25)21-15-7-5-6-8-17(15)26-14(2)11-12-20/h5-10,14H,3-4,11,13H2,1-2H3,(H,21,25). The Hall–Kier alpha value is -2.59. The van der Waals surface area contributed by atoms with Crippen LogP contribution < -0.4 is 10.9 Å². The highest BCUT2D eigenvalue weighted by Gasteiger charge is 2.14. The fourth-order valence-corrected chi connectivity index (χ4v) is 3.28. The van der Waals surface area contributed by atoms with Gasteiger partial charge in [-0.1, -0.05) is 32.4 Å². The zero-order chi connectivity index (χ0) is 18.9. The third kappa shape index (κ3) is 5.46. The van der Waals surface area contributed by atoms with Crippen LogP contribution in [0.15, 0.2) is 46.1 Å². The molecule has 0 aliphatic heterocycles. The van der Waals surface area contributed by atoms with Gasteiger partial charge in [0.2, 0.25) is 0 Å². The lowest BCUT2D eigenvalue weighted by Crippen LogP contribution is -2.26. The summed E-state index contributed by atoms with van der Waals surface area (Å²) in [5, 5.41) is 16.0. The van der Waals surface area contributed by atoms with Crippen molar-refractivity contribution in [2.75, 3.05) is 5.32 Å². The molecule has 0 radical (unpaired) electrons. The molecular formula is C19H22N4O2S. The highest BCUT2D eigenvalue weighted by molar-refractivity contribution is 8.00. The number of carbonyl (C=O) groups excluding carboxylic acids is 1. The molecule has 0 fully saturated rings. The number of unbranched alkanes of at least 4 members (excludes halogenated alkanes) is 1. The van der Waals surface area contributed by atoms with Crippen molar-refractivity contribution in [3.05, 3.63) is 52.4 Å². The SMILES string of the molecule is CCCCn1nc(C(=O)Nc2ccccc2SC(C)CC#N)ccc1=O. The summed E-state index contributed by atoms with van der Waals surface area (Å²) in [5.74, 6) is -0.365. The molecule has 0 spiro atoms. The average molecular weight is 370 g/mol. The second-order valence-corrected chi connectivity index (χ2v) is 7.35. The third-order valence-electron chi connectivity index (χ3n) is 3.66. The smallest absolute Gasteiger partial charge is 0.276 e. The maximum Gasteiger partial charge on any atom is 0.276 e. The maximum absolute atomic E-state index is 12.6. The van der Waals surface area contributed by atoms with E-state index in [1.54, 1.807) is 0 Å². The number of aromatic nitrogens is 2. The number of benzene rings is 1. The van der Waals surface area contributed by atoms with Gasteiger partial charge in [0, 0.05) is 29.2 Å². The number of nitrogens with zero attached hydrogens (tertiary/aromatic N) is 3. The maximum atomic E-state index is 12.6. The number of thioether (sulfide) groups is 1. The molecule has 1 atom stereocenters. The second-order valence-electron chi connectivity index (χ2n) is 5.87. The normalized spacial score (nSPS) is 11.6. The van der Waals surface area contributed by atoms with Crippen molar-refractivity contribution < 1.29 is 4.79 Å². The number of rotatable bonds is 8. The molecular weight excluding hydrogens is 348 g/mol. The van der Waals surface area contributed by atoms with Gasteiger partial charge in [-0.2, -0.15) is 10.4 Å². The number of carbonyl (C=O) groups is 1. The molecule has 0 aliphatic carbocycles. The summed E-state index contributed by atoms with van der Waals surface area (Å²) in [6, 6.07) is 12.4. The number of anilines is 1. The largest absolute Gasteiger partial charge is 0.320 e. The Labute approximate surface area is 157 Å². The van der Waals surface area contributed by atoms with Crippen molar-refractivity contribution >= 4 is 23.4 Å². The molecule has 1 aromatic carbocycles. The van der Waals surface area contributed by atoms with Crippen LogP contribution in [0.3, 0.4) is 0 Å². The molecule has 0 bridgehead atoms. The first-order valence-corrected chi connectivity index (χ1v) is 9.45. The van der Waals surface area contributed by atoms with Gasteiger partial charge >= 0.3 is 0 Å². The highest BCUT2D eigenvalue weighted by atomic mass is 32.2. The molecule has 136 valence electrons. The second kappa shape index (κ2) is 9.78. The molecule has 2 aromatic rings. The Morgan fingerprint density at radius 1 is 1.35 bits per heavy atom. The van der Waals surface area contributed by atoms with E-state index >= 15 is 0 Å². The molecule has 1 N–H and O–H groups in total. The van der Waals surface area contributed by atoms with Crippen LogP contribution in [0.1, 0.15) is 43.6 Å². The quantitative estimate of drug-likeness (QED) is 0.716. The van der Waals surface area contributed by atoms with Crippen molar-refractivity contribution in [2.24, 2.45) is 0 Å². The van der Waals surface area contributed by atoms with Crippen LogP contribution in [0.4, 0.5) is 5.69 Å². The Morgan fingerprint density at radius 3 is 2.85 bits per heavy atom. The van der Waals surface area contributed by atoms with Gasteiger partial charge in [0.15, 0.2) is 0 Å². The fraction of sp³-hybridized carbons (Fsp3) is 0.368. The lowest BCUT2D eigenvalue weighted by Gasteiger charge is -2.13. The summed E-state index contributed by atoms with van der Waals surface area (Å²) in [5.41, 5.74) is 0.655. The number of amides is 1. The predicted octanol–water partition coefficient (Wildman–Crippen LogP) is 3.69. The Balaban J connectivity index is 2.18. The van der Waals surface area contributed by atoms with Crippen LogP contribution in [0.2, 0.25) is 0 Å².